The normalized spacial score (nSPS) is 10.4. The Kier molecular flexibility index (Phi) is 5.54. The molecule has 1 heterocycles. The van der Waals surface area contributed by atoms with E-state index in [1.54, 1.807) is 11.9 Å². The summed E-state index contributed by atoms with van der Waals surface area (Å²) in [6.45, 7) is 7.03. The van der Waals surface area contributed by atoms with E-state index in [1.165, 1.54) is 6.33 Å². The van der Waals surface area contributed by atoms with Crippen LogP contribution in [0.3, 0.4) is 0 Å². The Balaban J connectivity index is 2.86. The number of likely N-dealkylation sites (N-methyl/N-ethyl adjacent to an activating group) is 1. The molecule has 2 N–H and O–H groups in total. The quantitative estimate of drug-likeness (QED) is 0.816. The maximum absolute atomic E-state index is 11.8. The lowest BCUT2D eigenvalue weighted by Gasteiger charge is -2.18. The van der Waals surface area contributed by atoms with Gasteiger partial charge in [-0.3, -0.25) is 4.79 Å². The topological polar surface area (TPSA) is 70.2 Å². The average Bonchev–Trinajstić information content (AvgIpc) is 2.42. The van der Waals surface area contributed by atoms with Crippen LogP contribution in [0.4, 0.5) is 11.6 Å². The zero-order chi connectivity index (χ0) is 14.4. The minimum Gasteiger partial charge on any atom is -0.373 e. The fourth-order valence-corrected chi connectivity index (χ4v) is 1.75. The van der Waals surface area contributed by atoms with Crippen LogP contribution >= 0.6 is 0 Å². The van der Waals surface area contributed by atoms with E-state index in [4.69, 9.17) is 0 Å². The third-order valence-electron chi connectivity index (χ3n) is 3.01. The molecule has 1 amide bonds. The number of aromatic nitrogens is 2. The van der Waals surface area contributed by atoms with E-state index >= 15 is 0 Å². The molecule has 0 spiro atoms. The molecule has 0 aromatic carbocycles. The third-order valence-corrected chi connectivity index (χ3v) is 3.01. The molecular formula is C13H23N5O. The molecule has 0 saturated carbocycles. The first-order valence-electron chi connectivity index (χ1n) is 6.51. The Morgan fingerprint density at radius 3 is 2.53 bits per heavy atom. The molecule has 0 aliphatic carbocycles. The summed E-state index contributed by atoms with van der Waals surface area (Å²) in [5, 5.41) is 6.15. The molecule has 0 bridgehead atoms. The first kappa shape index (κ1) is 15.2. The van der Waals surface area contributed by atoms with Crippen LogP contribution in [0.5, 0.6) is 0 Å². The van der Waals surface area contributed by atoms with Crippen molar-refractivity contribution >= 4 is 17.5 Å². The molecule has 6 heteroatoms. The molecule has 0 radical (unpaired) electrons. The van der Waals surface area contributed by atoms with Gasteiger partial charge in [0.2, 0.25) is 5.91 Å². The summed E-state index contributed by atoms with van der Waals surface area (Å²) in [4.78, 5) is 21.9. The van der Waals surface area contributed by atoms with Crippen molar-refractivity contribution in [3.05, 3.63) is 11.9 Å². The van der Waals surface area contributed by atoms with Crippen LogP contribution < -0.4 is 10.6 Å². The Morgan fingerprint density at radius 1 is 1.37 bits per heavy atom. The van der Waals surface area contributed by atoms with E-state index < -0.39 is 0 Å². The first-order chi connectivity index (χ1) is 9.01. The number of amides is 1. The van der Waals surface area contributed by atoms with E-state index in [2.05, 4.69) is 34.4 Å². The summed E-state index contributed by atoms with van der Waals surface area (Å²) in [5.41, 5.74) is 0.997. The van der Waals surface area contributed by atoms with E-state index in [0.717, 1.165) is 11.4 Å². The second-order valence-electron chi connectivity index (χ2n) is 4.65. The Morgan fingerprint density at radius 2 is 2.00 bits per heavy atom. The molecule has 0 fully saturated rings. The van der Waals surface area contributed by atoms with Crippen molar-refractivity contribution in [2.24, 2.45) is 0 Å². The largest absolute Gasteiger partial charge is 0.373 e. The molecular weight excluding hydrogens is 242 g/mol. The first-order valence-corrected chi connectivity index (χ1v) is 6.51. The highest BCUT2D eigenvalue weighted by atomic mass is 16.2. The fraction of sp³-hybridized carbons (Fsp3) is 0.615. The van der Waals surface area contributed by atoms with Crippen molar-refractivity contribution in [3.63, 3.8) is 0 Å². The third kappa shape index (κ3) is 3.81. The number of carbonyl (C=O) groups excluding carboxylic acids is 1. The predicted octanol–water partition coefficient (Wildman–Crippen LogP) is 1.53. The number of rotatable bonds is 6. The molecule has 0 saturated heterocycles. The van der Waals surface area contributed by atoms with Gasteiger partial charge in [-0.05, 0) is 12.8 Å². The van der Waals surface area contributed by atoms with Crippen molar-refractivity contribution in [2.75, 3.05) is 37.8 Å². The lowest BCUT2D eigenvalue weighted by Crippen LogP contribution is -2.32. The van der Waals surface area contributed by atoms with Crippen molar-refractivity contribution in [2.45, 2.75) is 26.7 Å². The number of hydrogen-bond donors (Lipinski definition) is 2. The highest BCUT2D eigenvalue weighted by molar-refractivity contribution is 5.80. The number of nitrogens with one attached hydrogen (secondary N) is 2. The lowest BCUT2D eigenvalue weighted by molar-refractivity contribution is -0.127. The van der Waals surface area contributed by atoms with Gasteiger partial charge in [0.15, 0.2) is 0 Å². The van der Waals surface area contributed by atoms with E-state index in [-0.39, 0.29) is 18.4 Å². The molecule has 1 rings (SSSR count). The summed E-state index contributed by atoms with van der Waals surface area (Å²) in [6, 6.07) is 0. The van der Waals surface area contributed by atoms with E-state index in [0.29, 0.717) is 12.4 Å². The standard InChI is InChI=1S/C13H23N5O/c1-6-18(5)10(19)7-15-13-11(9(2)3)12(14-4)16-8-17-13/h8-9H,6-7H2,1-5H3,(H2,14,15,16,17). The van der Waals surface area contributed by atoms with Gasteiger partial charge in [-0.2, -0.15) is 0 Å². The molecule has 0 unspecified atom stereocenters. The monoisotopic (exact) mass is 265 g/mol. The van der Waals surface area contributed by atoms with Crippen LogP contribution in [-0.4, -0.2) is 48.0 Å². The van der Waals surface area contributed by atoms with Gasteiger partial charge in [-0.15, -0.1) is 0 Å². The molecule has 0 aliphatic rings. The molecule has 6 nitrogen and oxygen atoms in total. The van der Waals surface area contributed by atoms with Crippen LogP contribution in [-0.2, 0) is 4.79 Å². The molecule has 106 valence electrons. The summed E-state index contributed by atoms with van der Waals surface area (Å²) < 4.78 is 0. The predicted molar refractivity (Wildman–Crippen MR) is 77.5 cm³/mol. The molecule has 19 heavy (non-hydrogen) atoms. The Bertz CT molecular complexity index is 433. The minimum atomic E-state index is 0.0434. The molecule has 0 atom stereocenters. The van der Waals surface area contributed by atoms with Gasteiger partial charge in [0, 0.05) is 26.2 Å². The van der Waals surface area contributed by atoms with Crippen molar-refractivity contribution in [3.8, 4) is 0 Å². The SMILES string of the molecule is CCN(C)C(=O)CNc1ncnc(NC)c1C(C)C. The number of nitrogens with zero attached hydrogens (tertiary/aromatic N) is 3. The van der Waals surface area contributed by atoms with E-state index in [1.807, 2.05) is 14.0 Å². The van der Waals surface area contributed by atoms with Gasteiger partial charge < -0.3 is 15.5 Å². The Labute approximate surface area is 114 Å². The smallest absolute Gasteiger partial charge is 0.241 e. The summed E-state index contributed by atoms with van der Waals surface area (Å²) >= 11 is 0. The fourth-order valence-electron chi connectivity index (χ4n) is 1.75. The highest BCUT2D eigenvalue weighted by Gasteiger charge is 2.15. The van der Waals surface area contributed by atoms with Crippen LogP contribution in [0.25, 0.3) is 0 Å². The molecule has 0 aliphatic heterocycles. The summed E-state index contributed by atoms with van der Waals surface area (Å²) in [6.07, 6.45) is 1.49. The highest BCUT2D eigenvalue weighted by Crippen LogP contribution is 2.27. The number of anilines is 2. The van der Waals surface area contributed by atoms with Gasteiger partial charge >= 0.3 is 0 Å². The maximum Gasteiger partial charge on any atom is 0.241 e. The van der Waals surface area contributed by atoms with Crippen LogP contribution in [0.1, 0.15) is 32.3 Å². The van der Waals surface area contributed by atoms with Crippen LogP contribution in [0.15, 0.2) is 6.33 Å². The van der Waals surface area contributed by atoms with Gasteiger partial charge in [-0.1, -0.05) is 13.8 Å². The van der Waals surface area contributed by atoms with Crippen molar-refractivity contribution in [1.29, 1.82) is 0 Å². The molecule has 1 aromatic rings. The zero-order valence-electron chi connectivity index (χ0n) is 12.3. The number of carbonyl (C=O) groups is 1. The lowest BCUT2D eigenvalue weighted by atomic mass is 10.0. The van der Waals surface area contributed by atoms with E-state index in [9.17, 15) is 4.79 Å². The minimum absolute atomic E-state index is 0.0434. The van der Waals surface area contributed by atoms with Gasteiger partial charge in [0.05, 0.1) is 6.54 Å². The Hall–Kier alpha value is -1.85. The van der Waals surface area contributed by atoms with Crippen LogP contribution in [0.2, 0.25) is 0 Å². The second-order valence-corrected chi connectivity index (χ2v) is 4.65. The van der Waals surface area contributed by atoms with Crippen LogP contribution in [0, 0.1) is 0 Å². The molecule has 1 aromatic heterocycles. The summed E-state index contributed by atoms with van der Waals surface area (Å²) in [7, 11) is 3.61. The second kappa shape index (κ2) is 6.92. The van der Waals surface area contributed by atoms with Crippen molar-refractivity contribution in [1.82, 2.24) is 14.9 Å². The zero-order valence-corrected chi connectivity index (χ0v) is 12.3. The maximum atomic E-state index is 11.8. The average molecular weight is 265 g/mol. The summed E-state index contributed by atoms with van der Waals surface area (Å²) in [5.74, 6) is 1.82. The van der Waals surface area contributed by atoms with Gasteiger partial charge in [0.1, 0.15) is 18.0 Å². The van der Waals surface area contributed by atoms with Crippen molar-refractivity contribution < 1.29 is 4.79 Å². The number of hydrogen-bond acceptors (Lipinski definition) is 5. The van der Waals surface area contributed by atoms with Gasteiger partial charge in [0.25, 0.3) is 0 Å². The van der Waals surface area contributed by atoms with Gasteiger partial charge in [-0.25, -0.2) is 9.97 Å².